The van der Waals surface area contributed by atoms with Crippen LogP contribution in [0.15, 0.2) is 11.4 Å². The molecule has 58 valence electrons. The minimum atomic E-state index is 0.221. The van der Waals surface area contributed by atoms with Gasteiger partial charge in [0.2, 0.25) is 0 Å². The summed E-state index contributed by atoms with van der Waals surface area (Å²) in [5, 5.41) is 1.31. The van der Waals surface area contributed by atoms with Crippen molar-refractivity contribution in [3.63, 3.8) is 0 Å². The van der Waals surface area contributed by atoms with Crippen LogP contribution in [0.3, 0.4) is 0 Å². The Bertz CT molecular complexity index is 204. The minimum Gasteiger partial charge on any atom is -0.303 e. The molecule has 0 saturated heterocycles. The molecule has 1 aliphatic rings. The molecular formula is C8H14B2O. The topological polar surface area (TPSA) is 17.1 Å². The summed E-state index contributed by atoms with van der Waals surface area (Å²) in [7, 11) is 4.16. The van der Waals surface area contributed by atoms with Gasteiger partial charge < -0.3 is 4.79 Å². The molecule has 11 heavy (non-hydrogen) atoms. The van der Waals surface area contributed by atoms with E-state index in [2.05, 4.69) is 35.6 Å². The maximum absolute atomic E-state index is 10.5. The van der Waals surface area contributed by atoms with Crippen molar-refractivity contribution in [2.45, 2.75) is 13.8 Å². The Balaban J connectivity index is 2.67. The van der Waals surface area contributed by atoms with Crippen molar-refractivity contribution in [1.29, 1.82) is 0 Å². The molecule has 0 aromatic rings. The SMILES string of the molecule is BC(B)=C[C@H]1[C@@H](C=O)C1(C)C. The van der Waals surface area contributed by atoms with Gasteiger partial charge in [-0.25, -0.2) is 0 Å². The molecule has 1 saturated carbocycles. The minimum absolute atomic E-state index is 0.221. The number of hydrogen-bond acceptors (Lipinski definition) is 1. The average Bonchev–Trinajstić information content (AvgIpc) is 2.33. The number of allylic oxidation sites excluding steroid dienone is 1. The molecule has 0 bridgehead atoms. The van der Waals surface area contributed by atoms with Crippen molar-refractivity contribution in [2.24, 2.45) is 17.3 Å². The molecule has 1 nitrogen and oxygen atoms in total. The third-order valence-corrected chi connectivity index (χ3v) is 2.66. The normalized spacial score (nSPS) is 32.5. The highest BCUT2D eigenvalue weighted by atomic mass is 16.1. The van der Waals surface area contributed by atoms with E-state index in [1.807, 2.05) is 0 Å². The van der Waals surface area contributed by atoms with Gasteiger partial charge >= 0.3 is 0 Å². The fourth-order valence-corrected chi connectivity index (χ4v) is 1.66. The molecule has 0 aromatic heterocycles. The molecule has 0 unspecified atom stereocenters. The molecule has 0 radical (unpaired) electrons. The molecular weight excluding hydrogens is 134 g/mol. The first kappa shape index (κ1) is 8.63. The van der Waals surface area contributed by atoms with Gasteiger partial charge in [0.15, 0.2) is 0 Å². The van der Waals surface area contributed by atoms with Crippen LogP contribution in [0.5, 0.6) is 0 Å². The average molecular weight is 148 g/mol. The highest BCUT2D eigenvalue weighted by Crippen LogP contribution is 2.57. The number of aldehydes is 1. The number of carbonyl (C=O) groups is 1. The lowest BCUT2D eigenvalue weighted by Gasteiger charge is -1.96. The summed E-state index contributed by atoms with van der Waals surface area (Å²) < 4.78 is 0. The second-order valence-corrected chi connectivity index (χ2v) is 4.25. The van der Waals surface area contributed by atoms with Gasteiger partial charge in [-0.3, -0.25) is 0 Å². The lowest BCUT2D eigenvalue weighted by molar-refractivity contribution is -0.109. The molecule has 1 fully saturated rings. The molecule has 0 amide bonds. The van der Waals surface area contributed by atoms with E-state index < -0.39 is 0 Å². The first-order chi connectivity index (χ1) is 5.00. The highest BCUT2D eigenvalue weighted by Gasteiger charge is 2.55. The van der Waals surface area contributed by atoms with E-state index >= 15 is 0 Å². The lowest BCUT2D eigenvalue weighted by Crippen LogP contribution is -1.90. The fraction of sp³-hybridized carbons (Fsp3) is 0.625. The second-order valence-electron chi connectivity index (χ2n) is 4.25. The zero-order valence-corrected chi connectivity index (χ0v) is 7.72. The Labute approximate surface area is 70.1 Å². The van der Waals surface area contributed by atoms with E-state index in [1.54, 1.807) is 0 Å². The number of hydrogen-bond donors (Lipinski definition) is 0. The van der Waals surface area contributed by atoms with Crippen molar-refractivity contribution in [3.05, 3.63) is 11.4 Å². The number of rotatable bonds is 2. The summed E-state index contributed by atoms with van der Waals surface area (Å²) in [6.07, 6.45) is 3.29. The van der Waals surface area contributed by atoms with Crippen LogP contribution in [0.1, 0.15) is 13.8 Å². The predicted molar refractivity (Wildman–Crippen MR) is 52.0 cm³/mol. The van der Waals surface area contributed by atoms with Crippen molar-refractivity contribution in [1.82, 2.24) is 0 Å². The summed E-state index contributed by atoms with van der Waals surface area (Å²) in [5.41, 5.74) is 0.221. The van der Waals surface area contributed by atoms with Crippen molar-refractivity contribution >= 4 is 22.0 Å². The van der Waals surface area contributed by atoms with Crippen LogP contribution in [0.2, 0.25) is 0 Å². The van der Waals surface area contributed by atoms with Gasteiger partial charge in [0, 0.05) is 5.92 Å². The van der Waals surface area contributed by atoms with E-state index in [9.17, 15) is 4.79 Å². The maximum Gasteiger partial charge on any atom is 0.124 e. The third-order valence-electron chi connectivity index (χ3n) is 2.66. The highest BCUT2D eigenvalue weighted by molar-refractivity contribution is 6.48. The van der Waals surface area contributed by atoms with Crippen molar-refractivity contribution in [3.8, 4) is 0 Å². The first-order valence-corrected chi connectivity index (χ1v) is 4.10. The standard InChI is InChI=1S/C8H14B2O/c1-8(2)5(3-7(9)10)6(8)4-11/h3-6H,9-10H2,1-2H3/t5-,6+/m0/s1. The Morgan fingerprint density at radius 3 is 2.18 bits per heavy atom. The predicted octanol–water partition coefficient (Wildman–Crippen LogP) is -0.435. The summed E-state index contributed by atoms with van der Waals surface area (Å²) in [5.74, 6) is 0.752. The molecule has 0 aliphatic heterocycles. The van der Waals surface area contributed by atoms with Gasteiger partial charge in [0.05, 0.1) is 0 Å². The number of carbonyl (C=O) groups excluding carboxylic acids is 1. The molecule has 0 spiro atoms. The van der Waals surface area contributed by atoms with Crippen LogP contribution in [-0.2, 0) is 4.79 Å². The summed E-state index contributed by atoms with van der Waals surface area (Å²) in [6, 6.07) is 0. The van der Waals surface area contributed by atoms with Gasteiger partial charge in [-0.1, -0.05) is 19.9 Å². The molecule has 1 aliphatic carbocycles. The van der Waals surface area contributed by atoms with Gasteiger partial charge in [-0.2, -0.15) is 0 Å². The zero-order valence-electron chi connectivity index (χ0n) is 7.72. The van der Waals surface area contributed by atoms with Crippen LogP contribution in [0.25, 0.3) is 0 Å². The van der Waals surface area contributed by atoms with E-state index in [1.165, 1.54) is 5.37 Å². The van der Waals surface area contributed by atoms with Crippen LogP contribution in [0, 0.1) is 17.3 Å². The molecule has 1 rings (SSSR count). The summed E-state index contributed by atoms with van der Waals surface area (Å²) in [4.78, 5) is 10.5. The van der Waals surface area contributed by atoms with Gasteiger partial charge in [-0.15, -0.1) is 5.37 Å². The van der Waals surface area contributed by atoms with E-state index in [0.717, 1.165) is 6.29 Å². The monoisotopic (exact) mass is 148 g/mol. The molecule has 0 N–H and O–H groups in total. The molecule has 2 atom stereocenters. The van der Waals surface area contributed by atoms with Gasteiger partial charge in [-0.05, 0) is 11.3 Å². The maximum atomic E-state index is 10.5. The van der Waals surface area contributed by atoms with E-state index in [-0.39, 0.29) is 11.3 Å². The Hall–Kier alpha value is -0.460. The molecule has 0 aromatic carbocycles. The fourth-order valence-electron chi connectivity index (χ4n) is 1.66. The van der Waals surface area contributed by atoms with E-state index in [4.69, 9.17) is 0 Å². The quantitative estimate of drug-likeness (QED) is 0.383. The zero-order chi connectivity index (χ0) is 8.65. The summed E-state index contributed by atoms with van der Waals surface area (Å²) >= 11 is 0. The third kappa shape index (κ3) is 1.42. The van der Waals surface area contributed by atoms with Gasteiger partial charge in [0.1, 0.15) is 22.0 Å². The van der Waals surface area contributed by atoms with Crippen LogP contribution in [0.4, 0.5) is 0 Å². The Morgan fingerprint density at radius 1 is 1.36 bits per heavy atom. The van der Waals surface area contributed by atoms with Crippen molar-refractivity contribution in [2.75, 3.05) is 0 Å². The Kier molecular flexibility index (Phi) is 2.00. The lowest BCUT2D eigenvalue weighted by atomic mass is 9.77. The van der Waals surface area contributed by atoms with Crippen LogP contribution >= 0.6 is 0 Å². The smallest absolute Gasteiger partial charge is 0.124 e. The van der Waals surface area contributed by atoms with Crippen molar-refractivity contribution < 1.29 is 4.79 Å². The van der Waals surface area contributed by atoms with Crippen LogP contribution < -0.4 is 0 Å². The van der Waals surface area contributed by atoms with Gasteiger partial charge in [0.25, 0.3) is 0 Å². The Morgan fingerprint density at radius 2 is 1.91 bits per heavy atom. The van der Waals surface area contributed by atoms with Crippen LogP contribution in [-0.4, -0.2) is 22.0 Å². The largest absolute Gasteiger partial charge is 0.303 e. The molecule has 0 heterocycles. The first-order valence-electron chi connectivity index (χ1n) is 4.10. The summed E-state index contributed by atoms with van der Waals surface area (Å²) in [6.45, 7) is 4.30. The second kappa shape index (κ2) is 2.54. The van der Waals surface area contributed by atoms with E-state index in [0.29, 0.717) is 5.92 Å². The molecule has 3 heteroatoms.